The molecule has 3 aromatic heterocycles. The Morgan fingerprint density at radius 2 is 2.13 bits per heavy atom. The summed E-state index contributed by atoms with van der Waals surface area (Å²) in [5.41, 5.74) is 3.22. The molecule has 0 unspecified atom stereocenters. The second kappa shape index (κ2) is 7.23. The molecule has 1 amide bonds. The van der Waals surface area contributed by atoms with E-state index in [9.17, 15) is 9.18 Å². The molecule has 160 valence electrons. The topological polar surface area (TPSA) is 78.3 Å². The third-order valence-corrected chi connectivity index (χ3v) is 6.26. The lowest BCUT2D eigenvalue weighted by molar-refractivity contribution is -0.117. The minimum Gasteiger partial charge on any atom is -0.374 e. The number of anilines is 2. The molecule has 2 N–H and O–H groups in total. The van der Waals surface area contributed by atoms with Gasteiger partial charge in [0, 0.05) is 36.8 Å². The van der Waals surface area contributed by atoms with Crippen LogP contribution in [0.1, 0.15) is 6.42 Å². The molecule has 5 rings (SSSR count). The monoisotopic (exact) mass is 442 g/mol. The Morgan fingerprint density at radius 3 is 2.81 bits per heavy atom. The van der Waals surface area contributed by atoms with Gasteiger partial charge in [0.1, 0.15) is 11.8 Å². The number of hydrogen-bond donors (Lipinski definition) is 2. The highest BCUT2D eigenvalue weighted by atomic mass is 32.2. The molecular formula is C21H20F2N6OS. The molecule has 10 heteroatoms. The van der Waals surface area contributed by atoms with Gasteiger partial charge >= 0.3 is 0 Å². The summed E-state index contributed by atoms with van der Waals surface area (Å²) in [6.45, 7) is 0. The minimum atomic E-state index is -1.06. The summed E-state index contributed by atoms with van der Waals surface area (Å²) in [7, 11) is 3.59. The second-order valence-corrected chi connectivity index (χ2v) is 8.60. The lowest BCUT2D eigenvalue weighted by atomic mass is 10.0. The van der Waals surface area contributed by atoms with Gasteiger partial charge in [0.05, 0.1) is 34.4 Å². The number of rotatable bonds is 5. The molecule has 1 saturated carbocycles. The molecular weight excluding hydrogens is 422 g/mol. The summed E-state index contributed by atoms with van der Waals surface area (Å²) in [4.78, 5) is 18.6. The Labute approximate surface area is 180 Å². The van der Waals surface area contributed by atoms with Crippen LogP contribution >= 0.6 is 11.8 Å². The van der Waals surface area contributed by atoms with Crippen LogP contribution in [0.5, 0.6) is 0 Å². The second-order valence-electron chi connectivity index (χ2n) is 7.78. The Hall–Kier alpha value is -3.14. The normalized spacial score (nSPS) is 18.0. The molecule has 1 aliphatic rings. The van der Waals surface area contributed by atoms with Gasteiger partial charge in [-0.2, -0.15) is 5.10 Å². The van der Waals surface area contributed by atoms with Crippen molar-refractivity contribution in [3.8, 4) is 11.1 Å². The van der Waals surface area contributed by atoms with E-state index in [1.165, 1.54) is 11.8 Å². The van der Waals surface area contributed by atoms with E-state index < -0.39 is 12.1 Å². The smallest absolute Gasteiger partial charge is 0.231 e. The van der Waals surface area contributed by atoms with Crippen molar-refractivity contribution in [1.82, 2.24) is 19.6 Å². The maximum Gasteiger partial charge on any atom is 0.231 e. The number of nitrogens with one attached hydrogen (secondary N) is 2. The number of imidazole rings is 1. The van der Waals surface area contributed by atoms with E-state index in [-0.39, 0.29) is 18.1 Å². The molecule has 1 fully saturated rings. The first kappa shape index (κ1) is 19.8. The van der Waals surface area contributed by atoms with E-state index >= 15 is 4.39 Å². The van der Waals surface area contributed by atoms with Crippen molar-refractivity contribution in [2.45, 2.75) is 17.5 Å². The summed E-state index contributed by atoms with van der Waals surface area (Å²) in [6.07, 6.45) is 6.24. The van der Waals surface area contributed by atoms with E-state index in [4.69, 9.17) is 0 Å². The van der Waals surface area contributed by atoms with Crippen molar-refractivity contribution >= 4 is 45.7 Å². The van der Waals surface area contributed by atoms with Crippen LogP contribution in [0, 0.1) is 11.7 Å². The van der Waals surface area contributed by atoms with Crippen molar-refractivity contribution in [3.05, 3.63) is 36.5 Å². The van der Waals surface area contributed by atoms with Gasteiger partial charge in [-0.05, 0) is 24.8 Å². The molecule has 0 saturated heterocycles. The van der Waals surface area contributed by atoms with Crippen molar-refractivity contribution in [2.24, 2.45) is 5.92 Å². The van der Waals surface area contributed by atoms with Gasteiger partial charge in [0.25, 0.3) is 0 Å². The van der Waals surface area contributed by atoms with Gasteiger partial charge in [0.2, 0.25) is 5.91 Å². The zero-order valence-electron chi connectivity index (χ0n) is 17.1. The van der Waals surface area contributed by atoms with Crippen LogP contribution in [0.4, 0.5) is 20.3 Å². The van der Waals surface area contributed by atoms with E-state index in [0.29, 0.717) is 27.6 Å². The number of benzene rings is 1. The van der Waals surface area contributed by atoms with Crippen LogP contribution in [0.25, 0.3) is 27.7 Å². The molecule has 31 heavy (non-hydrogen) atoms. The molecule has 2 atom stereocenters. The third-order valence-electron chi connectivity index (χ3n) is 5.47. The van der Waals surface area contributed by atoms with Crippen molar-refractivity contribution in [3.63, 3.8) is 0 Å². The number of halogens is 2. The highest BCUT2D eigenvalue weighted by Crippen LogP contribution is 2.43. The Morgan fingerprint density at radius 1 is 1.35 bits per heavy atom. The van der Waals surface area contributed by atoms with Gasteiger partial charge in [-0.3, -0.25) is 9.89 Å². The number of carbonyl (C=O) groups excluding carboxylic acids is 1. The fourth-order valence-electron chi connectivity index (χ4n) is 3.86. The van der Waals surface area contributed by atoms with Gasteiger partial charge in [0.15, 0.2) is 11.6 Å². The number of hydrogen-bond acceptors (Lipinski definition) is 5. The van der Waals surface area contributed by atoms with Crippen LogP contribution in [-0.4, -0.2) is 52.0 Å². The largest absolute Gasteiger partial charge is 0.374 e. The molecule has 1 aliphatic carbocycles. The first-order valence-electron chi connectivity index (χ1n) is 9.73. The lowest BCUT2D eigenvalue weighted by Gasteiger charge is -2.19. The predicted octanol–water partition coefficient (Wildman–Crippen LogP) is 4.10. The number of carbonyl (C=O) groups is 1. The number of H-pyrrole nitrogens is 1. The summed E-state index contributed by atoms with van der Waals surface area (Å²) in [6, 6.07) is 3.66. The summed E-state index contributed by atoms with van der Waals surface area (Å²) < 4.78 is 30.3. The molecule has 7 nitrogen and oxygen atoms in total. The highest BCUT2D eigenvalue weighted by Gasteiger charge is 2.43. The van der Waals surface area contributed by atoms with E-state index in [2.05, 4.69) is 20.5 Å². The summed E-state index contributed by atoms with van der Waals surface area (Å²) in [5.74, 6) is -0.901. The number of alkyl halides is 1. The van der Waals surface area contributed by atoms with Crippen molar-refractivity contribution in [1.29, 1.82) is 0 Å². The minimum absolute atomic E-state index is 0.260. The first-order chi connectivity index (χ1) is 14.9. The number of thioether (sulfide) groups is 1. The number of amides is 1. The molecule has 3 heterocycles. The zero-order valence-corrected chi connectivity index (χ0v) is 17.9. The molecule has 1 aromatic carbocycles. The van der Waals surface area contributed by atoms with E-state index in [0.717, 1.165) is 16.5 Å². The first-order valence-corrected chi connectivity index (χ1v) is 11.0. The quantitative estimate of drug-likeness (QED) is 0.455. The fourth-order valence-corrected chi connectivity index (χ4v) is 4.57. The average molecular weight is 442 g/mol. The van der Waals surface area contributed by atoms with Crippen LogP contribution in [0.3, 0.4) is 0 Å². The van der Waals surface area contributed by atoms with E-state index in [1.54, 1.807) is 41.9 Å². The Kier molecular flexibility index (Phi) is 4.62. The van der Waals surface area contributed by atoms with Gasteiger partial charge < -0.3 is 14.6 Å². The molecule has 0 aliphatic heterocycles. The number of fused-ring (bicyclic) bond motifs is 2. The standard InChI is InChI=1S/C21H20F2N6OS/c1-28(2)19-17(23)20(31-3)16(12-7-24-27-18(12)19)10-4-5-15-25-14(9-29(15)8-10)26-21(30)11-6-13(11)22/h4-5,7-9,11,13H,6H2,1-3H3,(H,24,27)(H,26,30)/t11-,13+/m1/s1. The van der Waals surface area contributed by atoms with Crippen LogP contribution in [0.2, 0.25) is 0 Å². The lowest BCUT2D eigenvalue weighted by Crippen LogP contribution is -2.15. The molecule has 0 spiro atoms. The fraction of sp³-hybridized carbons (Fsp3) is 0.286. The van der Waals surface area contributed by atoms with Crippen LogP contribution in [0.15, 0.2) is 35.6 Å². The highest BCUT2D eigenvalue weighted by molar-refractivity contribution is 7.98. The number of pyridine rings is 1. The van der Waals surface area contributed by atoms with Gasteiger partial charge in [-0.15, -0.1) is 11.8 Å². The Balaban J connectivity index is 1.61. The number of aromatic nitrogens is 4. The maximum atomic E-state index is 15.4. The van der Waals surface area contributed by atoms with Crippen molar-refractivity contribution < 1.29 is 13.6 Å². The molecule has 0 bridgehead atoms. The Bertz CT molecular complexity index is 1330. The predicted molar refractivity (Wildman–Crippen MR) is 118 cm³/mol. The SMILES string of the molecule is CSc1c(F)c(N(C)C)c2[nH]ncc2c1-c1ccc2nc(NC(=O)[C@@H]3C[C@@H]3F)cn2c1. The number of aromatic amines is 1. The molecule has 4 aromatic rings. The summed E-state index contributed by atoms with van der Waals surface area (Å²) >= 11 is 1.34. The van der Waals surface area contributed by atoms with Crippen LogP contribution < -0.4 is 10.2 Å². The number of nitrogens with zero attached hydrogens (tertiary/aromatic N) is 4. The summed E-state index contributed by atoms with van der Waals surface area (Å²) in [5, 5.41) is 10.5. The van der Waals surface area contributed by atoms with Crippen LogP contribution in [-0.2, 0) is 4.79 Å². The van der Waals surface area contributed by atoms with Gasteiger partial charge in [-0.25, -0.2) is 13.8 Å². The van der Waals surface area contributed by atoms with Gasteiger partial charge in [-0.1, -0.05) is 0 Å². The third kappa shape index (κ3) is 3.21. The van der Waals surface area contributed by atoms with Crippen molar-refractivity contribution in [2.75, 3.05) is 30.6 Å². The van der Waals surface area contributed by atoms with E-state index in [1.807, 2.05) is 18.5 Å². The molecule has 0 radical (unpaired) electrons. The maximum absolute atomic E-state index is 15.4. The average Bonchev–Trinajstić information content (AvgIpc) is 3.11. The zero-order chi connectivity index (χ0) is 21.9.